The van der Waals surface area contributed by atoms with Crippen LogP contribution in [0.15, 0.2) is 42.7 Å². The lowest BCUT2D eigenvalue weighted by Crippen LogP contribution is -2.23. The van der Waals surface area contributed by atoms with E-state index in [0.717, 1.165) is 24.4 Å². The monoisotopic (exact) mass is 269 g/mol. The van der Waals surface area contributed by atoms with Gasteiger partial charge in [0.15, 0.2) is 0 Å². The summed E-state index contributed by atoms with van der Waals surface area (Å²) < 4.78 is 0. The van der Waals surface area contributed by atoms with Crippen molar-refractivity contribution in [2.24, 2.45) is 0 Å². The number of hydrogen-bond donors (Lipinski definition) is 1. The molecule has 1 aromatic heterocycles. The van der Waals surface area contributed by atoms with Crippen LogP contribution in [0, 0.1) is 0 Å². The van der Waals surface area contributed by atoms with Gasteiger partial charge < -0.3 is 5.32 Å². The molecule has 0 aliphatic rings. The van der Waals surface area contributed by atoms with Crippen LogP contribution in [0.2, 0.25) is 0 Å². The molecule has 0 radical (unpaired) electrons. The second-order valence-corrected chi connectivity index (χ2v) is 5.31. The van der Waals surface area contributed by atoms with Gasteiger partial charge in [-0.15, -0.1) is 0 Å². The van der Waals surface area contributed by atoms with Gasteiger partial charge in [0, 0.05) is 23.9 Å². The average Bonchev–Trinajstić information content (AvgIpc) is 2.48. The molecule has 1 N–H and O–H groups in total. The maximum Gasteiger partial charge on any atom is 0.115 e. The summed E-state index contributed by atoms with van der Waals surface area (Å²) in [4.78, 5) is 8.75. The van der Waals surface area contributed by atoms with Gasteiger partial charge in [-0.25, -0.2) is 9.97 Å². The van der Waals surface area contributed by atoms with Crippen molar-refractivity contribution in [2.75, 3.05) is 6.54 Å². The van der Waals surface area contributed by atoms with E-state index in [1.54, 1.807) is 6.33 Å². The van der Waals surface area contributed by atoms with E-state index in [4.69, 9.17) is 0 Å². The molecule has 106 valence electrons. The van der Waals surface area contributed by atoms with E-state index < -0.39 is 0 Å². The minimum Gasteiger partial charge on any atom is -0.310 e. The number of hydrogen-bond acceptors (Lipinski definition) is 3. The Balaban J connectivity index is 2.18. The van der Waals surface area contributed by atoms with Crippen LogP contribution in [0.3, 0.4) is 0 Å². The largest absolute Gasteiger partial charge is 0.310 e. The van der Waals surface area contributed by atoms with E-state index in [0.29, 0.717) is 12.0 Å². The molecule has 0 fully saturated rings. The first-order chi connectivity index (χ1) is 9.70. The van der Waals surface area contributed by atoms with E-state index in [2.05, 4.69) is 66.4 Å². The van der Waals surface area contributed by atoms with Crippen LogP contribution in [0.1, 0.15) is 49.7 Å². The van der Waals surface area contributed by atoms with Gasteiger partial charge in [-0.1, -0.05) is 51.1 Å². The molecular formula is C17H23N3. The Labute approximate surface area is 121 Å². The van der Waals surface area contributed by atoms with Gasteiger partial charge in [0.25, 0.3) is 0 Å². The van der Waals surface area contributed by atoms with Crippen LogP contribution >= 0.6 is 0 Å². The van der Waals surface area contributed by atoms with Gasteiger partial charge in [0.05, 0.1) is 0 Å². The minimum atomic E-state index is 0.302. The Bertz CT molecular complexity index is 523. The molecule has 0 aliphatic carbocycles. The lowest BCUT2D eigenvalue weighted by Gasteiger charge is -2.18. The molecule has 0 spiro atoms. The molecular weight excluding hydrogens is 246 g/mol. The summed E-state index contributed by atoms with van der Waals surface area (Å²) in [6, 6.07) is 13.0. The highest BCUT2D eigenvalue weighted by Crippen LogP contribution is 2.19. The number of rotatable bonds is 6. The zero-order valence-corrected chi connectivity index (χ0v) is 12.5. The van der Waals surface area contributed by atoms with Crippen molar-refractivity contribution in [3.8, 4) is 0 Å². The molecule has 1 aromatic carbocycles. The molecule has 20 heavy (non-hydrogen) atoms. The predicted octanol–water partition coefficient (Wildman–Crippen LogP) is 3.49. The smallest absolute Gasteiger partial charge is 0.115 e. The molecule has 0 saturated carbocycles. The van der Waals surface area contributed by atoms with Crippen LogP contribution in [0.4, 0.5) is 0 Å². The number of nitrogens with one attached hydrogen (secondary N) is 1. The van der Waals surface area contributed by atoms with Crippen molar-refractivity contribution in [1.29, 1.82) is 0 Å². The molecule has 0 amide bonds. The highest BCUT2D eigenvalue weighted by Gasteiger charge is 2.12. The average molecular weight is 269 g/mol. The second-order valence-electron chi connectivity index (χ2n) is 5.31. The SMILES string of the molecule is CCNC(Cc1cc(C(C)C)ncn1)c1ccccc1. The van der Waals surface area contributed by atoms with Crippen molar-refractivity contribution in [1.82, 2.24) is 15.3 Å². The highest BCUT2D eigenvalue weighted by atomic mass is 14.9. The first-order valence-corrected chi connectivity index (χ1v) is 7.29. The van der Waals surface area contributed by atoms with Crippen molar-refractivity contribution >= 4 is 0 Å². The van der Waals surface area contributed by atoms with E-state index in [1.165, 1.54) is 5.56 Å². The summed E-state index contributed by atoms with van der Waals surface area (Å²) in [5.74, 6) is 0.436. The van der Waals surface area contributed by atoms with E-state index in [9.17, 15) is 0 Å². The van der Waals surface area contributed by atoms with Crippen LogP contribution in [0.5, 0.6) is 0 Å². The first-order valence-electron chi connectivity index (χ1n) is 7.29. The minimum absolute atomic E-state index is 0.302. The predicted molar refractivity (Wildman–Crippen MR) is 82.7 cm³/mol. The second kappa shape index (κ2) is 7.15. The van der Waals surface area contributed by atoms with Crippen molar-refractivity contribution in [3.05, 3.63) is 59.7 Å². The molecule has 2 aromatic rings. The molecule has 1 heterocycles. The fourth-order valence-electron chi connectivity index (χ4n) is 2.29. The lowest BCUT2D eigenvalue weighted by atomic mass is 10.0. The van der Waals surface area contributed by atoms with Crippen LogP contribution in [0.25, 0.3) is 0 Å². The van der Waals surface area contributed by atoms with Gasteiger partial charge in [0.2, 0.25) is 0 Å². The summed E-state index contributed by atoms with van der Waals surface area (Å²) in [5, 5.41) is 3.54. The zero-order chi connectivity index (χ0) is 14.4. The number of nitrogens with zero attached hydrogens (tertiary/aromatic N) is 2. The molecule has 3 heteroatoms. The van der Waals surface area contributed by atoms with Gasteiger partial charge in [-0.3, -0.25) is 0 Å². The van der Waals surface area contributed by atoms with E-state index in [1.807, 2.05) is 6.07 Å². The van der Waals surface area contributed by atoms with Crippen molar-refractivity contribution < 1.29 is 0 Å². The van der Waals surface area contributed by atoms with Crippen LogP contribution in [-0.4, -0.2) is 16.5 Å². The topological polar surface area (TPSA) is 37.8 Å². The maximum atomic E-state index is 4.42. The van der Waals surface area contributed by atoms with Crippen LogP contribution < -0.4 is 5.32 Å². The summed E-state index contributed by atoms with van der Waals surface area (Å²) in [5.41, 5.74) is 3.51. The standard InChI is InChI=1S/C17H23N3/c1-4-18-17(14-8-6-5-7-9-14)11-15-10-16(13(2)3)20-12-19-15/h5-10,12-13,17-18H,4,11H2,1-3H3. The lowest BCUT2D eigenvalue weighted by molar-refractivity contribution is 0.542. The van der Waals surface area contributed by atoms with Crippen molar-refractivity contribution in [3.63, 3.8) is 0 Å². The van der Waals surface area contributed by atoms with Gasteiger partial charge >= 0.3 is 0 Å². The summed E-state index contributed by atoms with van der Waals surface area (Å²) >= 11 is 0. The Morgan fingerprint density at radius 1 is 1.10 bits per heavy atom. The van der Waals surface area contributed by atoms with Gasteiger partial charge in [-0.2, -0.15) is 0 Å². The Morgan fingerprint density at radius 3 is 2.50 bits per heavy atom. The molecule has 0 aliphatic heterocycles. The third-order valence-corrected chi connectivity index (χ3v) is 3.40. The fourth-order valence-corrected chi connectivity index (χ4v) is 2.29. The number of aromatic nitrogens is 2. The Morgan fingerprint density at radius 2 is 1.85 bits per heavy atom. The number of benzene rings is 1. The van der Waals surface area contributed by atoms with Gasteiger partial charge in [-0.05, 0) is 24.1 Å². The summed E-state index contributed by atoms with van der Waals surface area (Å²) in [6.45, 7) is 7.40. The molecule has 3 nitrogen and oxygen atoms in total. The summed E-state index contributed by atoms with van der Waals surface area (Å²) in [6.07, 6.45) is 2.57. The highest BCUT2D eigenvalue weighted by molar-refractivity contribution is 5.22. The molecule has 1 atom stereocenters. The van der Waals surface area contributed by atoms with Crippen molar-refractivity contribution in [2.45, 2.75) is 39.2 Å². The molecule has 0 saturated heterocycles. The molecule has 1 unspecified atom stereocenters. The Kier molecular flexibility index (Phi) is 5.24. The van der Waals surface area contributed by atoms with E-state index >= 15 is 0 Å². The fraction of sp³-hybridized carbons (Fsp3) is 0.412. The quantitative estimate of drug-likeness (QED) is 0.872. The Hall–Kier alpha value is -1.74. The number of likely N-dealkylation sites (N-methyl/N-ethyl adjacent to an activating group) is 1. The maximum absolute atomic E-state index is 4.42. The summed E-state index contributed by atoms with van der Waals surface area (Å²) in [7, 11) is 0. The van der Waals surface area contributed by atoms with E-state index in [-0.39, 0.29) is 0 Å². The molecule has 2 rings (SSSR count). The normalized spacial score (nSPS) is 12.6. The van der Waals surface area contributed by atoms with Crippen LogP contribution in [-0.2, 0) is 6.42 Å². The zero-order valence-electron chi connectivity index (χ0n) is 12.5. The third-order valence-electron chi connectivity index (χ3n) is 3.40. The molecule has 0 bridgehead atoms. The first kappa shape index (κ1) is 14.7. The van der Waals surface area contributed by atoms with Gasteiger partial charge in [0.1, 0.15) is 6.33 Å². The third kappa shape index (κ3) is 3.87.